The van der Waals surface area contributed by atoms with Crippen LogP contribution in [0.15, 0.2) is 54.6 Å². The second-order valence-electron chi connectivity index (χ2n) is 6.56. The predicted octanol–water partition coefficient (Wildman–Crippen LogP) is 3.45. The summed E-state index contributed by atoms with van der Waals surface area (Å²) in [5.41, 5.74) is 2.79. The Morgan fingerprint density at radius 1 is 1.12 bits per heavy atom. The summed E-state index contributed by atoms with van der Waals surface area (Å²) in [5, 5.41) is 12.0. The van der Waals surface area contributed by atoms with Crippen LogP contribution in [0.2, 0.25) is 0 Å². The zero-order valence-electron chi connectivity index (χ0n) is 14.3. The lowest BCUT2D eigenvalue weighted by Crippen LogP contribution is -2.41. The molecule has 1 fully saturated rings. The molecule has 1 heterocycles. The number of benzene rings is 2. The molecule has 0 bridgehead atoms. The minimum Gasteiger partial charge on any atom is -0.376 e. The van der Waals surface area contributed by atoms with E-state index in [0.717, 1.165) is 38.0 Å². The minimum atomic E-state index is 0.125. The molecule has 0 unspecified atom stereocenters. The van der Waals surface area contributed by atoms with Crippen molar-refractivity contribution in [1.82, 2.24) is 4.90 Å². The first-order valence-corrected chi connectivity index (χ1v) is 8.80. The van der Waals surface area contributed by atoms with Gasteiger partial charge < -0.3 is 10.2 Å². The number of likely N-dealkylation sites (tertiary alicyclic amines) is 1. The van der Waals surface area contributed by atoms with E-state index in [1.165, 1.54) is 5.56 Å². The van der Waals surface area contributed by atoms with Crippen molar-refractivity contribution in [2.24, 2.45) is 5.92 Å². The van der Waals surface area contributed by atoms with Crippen molar-refractivity contribution in [3.05, 3.63) is 65.7 Å². The van der Waals surface area contributed by atoms with Crippen LogP contribution in [0.4, 0.5) is 5.69 Å². The zero-order valence-corrected chi connectivity index (χ0v) is 14.3. The molecule has 4 nitrogen and oxygen atoms in total. The fraction of sp³-hybridized carbons (Fsp3) is 0.333. The maximum Gasteiger partial charge on any atom is 0.241 e. The summed E-state index contributed by atoms with van der Waals surface area (Å²) in [6, 6.07) is 19.9. The smallest absolute Gasteiger partial charge is 0.241 e. The Labute approximate surface area is 149 Å². The van der Waals surface area contributed by atoms with Gasteiger partial charge in [0, 0.05) is 18.8 Å². The van der Waals surface area contributed by atoms with Gasteiger partial charge in [-0.15, -0.1) is 0 Å². The van der Waals surface area contributed by atoms with Crippen LogP contribution in [0.1, 0.15) is 24.0 Å². The normalized spacial score (nSPS) is 14.8. The number of piperidine rings is 1. The van der Waals surface area contributed by atoms with Crippen molar-refractivity contribution >= 4 is 11.6 Å². The highest BCUT2D eigenvalue weighted by Crippen LogP contribution is 2.21. The van der Waals surface area contributed by atoms with E-state index in [1.54, 1.807) is 12.1 Å². The minimum absolute atomic E-state index is 0.125. The van der Waals surface area contributed by atoms with Gasteiger partial charge in [-0.25, -0.2) is 0 Å². The standard InChI is InChI=1S/C21H23N3O/c22-15-19-7-4-8-20(14-19)23-16-21(25)24-11-9-18(10-12-24)13-17-5-2-1-3-6-17/h1-8,14,18,23H,9-13,16H2. The second-order valence-corrected chi connectivity index (χ2v) is 6.56. The fourth-order valence-corrected chi connectivity index (χ4v) is 3.32. The first-order chi connectivity index (χ1) is 12.2. The van der Waals surface area contributed by atoms with Crippen molar-refractivity contribution in [1.29, 1.82) is 5.26 Å². The zero-order chi connectivity index (χ0) is 17.5. The molecule has 1 aliphatic rings. The Kier molecular flexibility index (Phi) is 5.69. The van der Waals surface area contributed by atoms with Crippen LogP contribution in [0.25, 0.3) is 0 Å². The third-order valence-electron chi connectivity index (χ3n) is 4.77. The van der Waals surface area contributed by atoms with E-state index in [2.05, 4.69) is 35.7 Å². The number of anilines is 1. The summed E-state index contributed by atoms with van der Waals surface area (Å²) >= 11 is 0. The molecule has 4 heteroatoms. The number of rotatable bonds is 5. The number of hydrogen-bond donors (Lipinski definition) is 1. The lowest BCUT2D eigenvalue weighted by atomic mass is 9.90. The molecule has 0 aromatic heterocycles. The lowest BCUT2D eigenvalue weighted by Gasteiger charge is -2.32. The Balaban J connectivity index is 1.44. The Morgan fingerprint density at radius 2 is 1.88 bits per heavy atom. The quantitative estimate of drug-likeness (QED) is 0.912. The van der Waals surface area contributed by atoms with Gasteiger partial charge >= 0.3 is 0 Å². The molecule has 1 amide bonds. The van der Waals surface area contributed by atoms with Crippen LogP contribution in [0, 0.1) is 17.2 Å². The molecule has 1 N–H and O–H groups in total. The van der Waals surface area contributed by atoms with Crippen LogP contribution < -0.4 is 5.32 Å². The highest BCUT2D eigenvalue weighted by Gasteiger charge is 2.22. The summed E-state index contributed by atoms with van der Waals surface area (Å²) in [6.45, 7) is 1.94. The van der Waals surface area contributed by atoms with Crippen LogP contribution in [-0.4, -0.2) is 30.4 Å². The Bertz CT molecular complexity index is 743. The number of amides is 1. The number of carbonyl (C=O) groups excluding carboxylic acids is 1. The third-order valence-corrected chi connectivity index (χ3v) is 4.77. The number of nitrogens with zero attached hydrogens (tertiary/aromatic N) is 2. The van der Waals surface area contributed by atoms with E-state index < -0.39 is 0 Å². The van der Waals surface area contributed by atoms with Gasteiger partial charge in [0.15, 0.2) is 0 Å². The van der Waals surface area contributed by atoms with Crippen LogP contribution >= 0.6 is 0 Å². The molecule has 1 saturated heterocycles. The molecule has 2 aromatic rings. The Hall–Kier alpha value is -2.80. The van der Waals surface area contributed by atoms with E-state index >= 15 is 0 Å². The molecule has 0 aliphatic carbocycles. The maximum atomic E-state index is 12.4. The molecule has 1 aliphatic heterocycles. The number of nitriles is 1. The van der Waals surface area contributed by atoms with Gasteiger partial charge in [-0.3, -0.25) is 4.79 Å². The molecular formula is C21H23N3O. The van der Waals surface area contributed by atoms with Gasteiger partial charge in [0.25, 0.3) is 0 Å². The average Bonchev–Trinajstić information content (AvgIpc) is 2.67. The van der Waals surface area contributed by atoms with E-state index in [0.29, 0.717) is 11.5 Å². The van der Waals surface area contributed by atoms with E-state index in [4.69, 9.17) is 5.26 Å². The molecule has 128 valence electrons. The van der Waals surface area contributed by atoms with E-state index in [9.17, 15) is 4.79 Å². The summed E-state index contributed by atoms with van der Waals surface area (Å²) < 4.78 is 0. The summed E-state index contributed by atoms with van der Waals surface area (Å²) in [5.74, 6) is 0.784. The highest BCUT2D eigenvalue weighted by atomic mass is 16.2. The van der Waals surface area contributed by atoms with Crippen LogP contribution in [-0.2, 0) is 11.2 Å². The van der Waals surface area contributed by atoms with Gasteiger partial charge in [-0.2, -0.15) is 5.26 Å². The Morgan fingerprint density at radius 3 is 2.60 bits per heavy atom. The van der Waals surface area contributed by atoms with E-state index in [1.807, 2.05) is 23.1 Å². The maximum absolute atomic E-state index is 12.4. The number of nitrogens with one attached hydrogen (secondary N) is 1. The lowest BCUT2D eigenvalue weighted by molar-refractivity contribution is -0.130. The first kappa shape index (κ1) is 17.0. The summed E-state index contributed by atoms with van der Waals surface area (Å²) in [6.07, 6.45) is 3.22. The van der Waals surface area contributed by atoms with Gasteiger partial charge in [-0.1, -0.05) is 36.4 Å². The van der Waals surface area contributed by atoms with Crippen molar-refractivity contribution in [2.45, 2.75) is 19.3 Å². The molecular weight excluding hydrogens is 310 g/mol. The topological polar surface area (TPSA) is 56.1 Å². The molecule has 2 aromatic carbocycles. The highest BCUT2D eigenvalue weighted by molar-refractivity contribution is 5.81. The molecule has 3 rings (SSSR count). The average molecular weight is 333 g/mol. The fourth-order valence-electron chi connectivity index (χ4n) is 3.32. The van der Waals surface area contributed by atoms with Gasteiger partial charge in [0.1, 0.15) is 0 Å². The van der Waals surface area contributed by atoms with Gasteiger partial charge in [0.2, 0.25) is 5.91 Å². The monoisotopic (exact) mass is 333 g/mol. The van der Waals surface area contributed by atoms with E-state index in [-0.39, 0.29) is 12.5 Å². The number of hydrogen-bond acceptors (Lipinski definition) is 3. The van der Waals surface area contributed by atoms with Crippen molar-refractivity contribution < 1.29 is 4.79 Å². The molecule has 25 heavy (non-hydrogen) atoms. The van der Waals surface area contributed by atoms with Gasteiger partial charge in [0.05, 0.1) is 18.2 Å². The number of carbonyl (C=O) groups is 1. The summed E-state index contributed by atoms with van der Waals surface area (Å²) in [4.78, 5) is 14.3. The second kappa shape index (κ2) is 8.34. The summed E-state index contributed by atoms with van der Waals surface area (Å²) in [7, 11) is 0. The SMILES string of the molecule is N#Cc1cccc(NCC(=O)N2CCC(Cc3ccccc3)CC2)c1. The molecule has 0 atom stereocenters. The van der Waals surface area contributed by atoms with Crippen LogP contribution in [0.3, 0.4) is 0 Å². The molecule has 0 saturated carbocycles. The predicted molar refractivity (Wildman–Crippen MR) is 99.1 cm³/mol. The first-order valence-electron chi connectivity index (χ1n) is 8.80. The van der Waals surface area contributed by atoms with Crippen molar-refractivity contribution in [3.63, 3.8) is 0 Å². The van der Waals surface area contributed by atoms with Crippen molar-refractivity contribution in [2.75, 3.05) is 25.0 Å². The van der Waals surface area contributed by atoms with Gasteiger partial charge in [-0.05, 0) is 48.9 Å². The molecule has 0 spiro atoms. The largest absolute Gasteiger partial charge is 0.376 e. The molecule has 0 radical (unpaired) electrons. The third kappa shape index (κ3) is 4.84. The van der Waals surface area contributed by atoms with Crippen molar-refractivity contribution in [3.8, 4) is 6.07 Å². The van der Waals surface area contributed by atoms with Crippen LogP contribution in [0.5, 0.6) is 0 Å².